The van der Waals surface area contributed by atoms with Gasteiger partial charge in [0.25, 0.3) is 0 Å². The molecule has 0 spiro atoms. The average molecular weight is 1170 g/mol. The van der Waals surface area contributed by atoms with Crippen LogP contribution in [-0.2, 0) is 19.3 Å². The second-order valence-corrected chi connectivity index (χ2v) is 22.4. The van der Waals surface area contributed by atoms with E-state index in [2.05, 4.69) is 86.1 Å². The molecule has 3 aromatic heterocycles. The van der Waals surface area contributed by atoms with E-state index in [9.17, 15) is 27.6 Å². The smallest absolute Gasteiger partial charge is 0.394 e. The molecule has 0 unspecified atom stereocenters. The van der Waals surface area contributed by atoms with Gasteiger partial charge >= 0.3 is 12.1 Å². The number of rotatable bonds is 13. The van der Waals surface area contributed by atoms with E-state index in [4.69, 9.17) is 6.42 Å². The minimum atomic E-state index is -3.26. The number of fused-ring (bicyclic) bond motifs is 3. The molecule has 1 N–H and O–H groups in total. The number of hydrogen-bond donors (Lipinski definition) is 1. The van der Waals surface area contributed by atoms with Crippen LogP contribution in [0, 0.1) is 25.1 Å². The molecule has 0 saturated carbocycles. The number of benzene rings is 9. The summed E-state index contributed by atoms with van der Waals surface area (Å²) in [5, 5.41) is 5.87. The Labute approximate surface area is 511 Å². The highest BCUT2D eigenvalue weighted by atomic mass is 19.3. The summed E-state index contributed by atoms with van der Waals surface area (Å²) in [7, 11) is 0. The molecule has 0 radical (unpaired) electrons. The fourth-order valence-corrected chi connectivity index (χ4v) is 11.1. The van der Waals surface area contributed by atoms with E-state index in [1.165, 1.54) is 47.0 Å². The Hall–Kier alpha value is -10.4. The van der Waals surface area contributed by atoms with Crippen molar-refractivity contribution in [3.05, 3.63) is 276 Å². The number of anilines is 1. The van der Waals surface area contributed by atoms with Gasteiger partial charge in [0.15, 0.2) is 0 Å². The number of terminal acetylenes is 1. The predicted molar refractivity (Wildman–Crippen MR) is 351 cm³/mol. The summed E-state index contributed by atoms with van der Waals surface area (Å²) in [6.07, 6.45) is 8.80. The molecule has 0 bridgehead atoms. The van der Waals surface area contributed by atoms with Crippen LogP contribution >= 0.6 is 0 Å². The fraction of sp³-hybridized carbons (Fsp3) is 0.156. The molecule has 3 heterocycles. The molecule has 0 aliphatic rings. The van der Waals surface area contributed by atoms with Gasteiger partial charge in [0.05, 0.1) is 29.4 Å². The van der Waals surface area contributed by atoms with Gasteiger partial charge in [-0.15, -0.1) is 12.3 Å². The highest BCUT2D eigenvalue weighted by Gasteiger charge is 2.24. The second kappa shape index (κ2) is 26.9. The molecule has 8 nitrogen and oxygen atoms in total. The number of halogens is 3. The molecule has 9 aromatic carbocycles. The van der Waals surface area contributed by atoms with Gasteiger partial charge < -0.3 is 10.1 Å². The van der Waals surface area contributed by atoms with Crippen LogP contribution in [0.1, 0.15) is 89.4 Å². The first-order valence-electron chi connectivity index (χ1n) is 29.3. The predicted octanol–water partition coefficient (Wildman–Crippen LogP) is 19.6. The standard InChI is InChI=1S/C28H25NO.C26H24FNO.C23H18F2N2O2/c1-4-9-21-14-16-22(17-15-21)18-28(30)29-19-26(25-12-7-8-13-27(25)29)24-11-6-5-10-23(24)20(2)3;1-17(2)20-8-4-5-9-21(20)23-16-28(25-11-7-6-10-22(23)25)26(29)15-19-13-12-18(3)14-24(19)27;1-23(24,25)29-18-13-11-17(12-14-18)26-22(28)27-15-20(16-7-3-2-4-8-16)19-9-5-6-10-21(19)27/h1,5-8,10-17,19-20H,9,18H2,2-3H3;4-14,16-17H,15H2,1-3H3;2-15H,1H3,(H,26,28). The summed E-state index contributed by atoms with van der Waals surface area (Å²) in [4.78, 5) is 39.2. The zero-order chi connectivity index (χ0) is 62.1. The van der Waals surface area contributed by atoms with Gasteiger partial charge in [0, 0.05) is 70.5 Å². The van der Waals surface area contributed by atoms with Crippen molar-refractivity contribution in [3.63, 3.8) is 0 Å². The summed E-state index contributed by atoms with van der Waals surface area (Å²) in [6, 6.07) is 68.7. The minimum Gasteiger partial charge on any atom is -0.433 e. The second-order valence-electron chi connectivity index (χ2n) is 22.4. The molecule has 12 aromatic rings. The topological polar surface area (TPSA) is 87.3 Å². The van der Waals surface area contributed by atoms with Crippen LogP contribution in [0.3, 0.4) is 0 Å². The summed E-state index contributed by atoms with van der Waals surface area (Å²) in [5.74, 6) is 3.03. The van der Waals surface area contributed by atoms with Crippen molar-refractivity contribution in [1.29, 1.82) is 0 Å². The first-order chi connectivity index (χ1) is 42.4. The van der Waals surface area contributed by atoms with E-state index in [-0.39, 0.29) is 35.8 Å². The number of para-hydroxylation sites is 3. The van der Waals surface area contributed by atoms with Crippen molar-refractivity contribution in [3.8, 4) is 51.5 Å². The summed E-state index contributed by atoms with van der Waals surface area (Å²) < 4.78 is 49.7. The van der Waals surface area contributed by atoms with Gasteiger partial charge in [-0.05, 0) is 117 Å². The van der Waals surface area contributed by atoms with Crippen LogP contribution in [0.2, 0.25) is 0 Å². The zero-order valence-corrected chi connectivity index (χ0v) is 50.0. The summed E-state index contributed by atoms with van der Waals surface area (Å²) in [6.45, 7) is 11.3. The normalized spacial score (nSPS) is 11.2. The Morgan fingerprint density at radius 3 is 1.49 bits per heavy atom. The number of aryl methyl sites for hydroxylation is 1. The molecule has 12 rings (SSSR count). The Morgan fingerprint density at radius 1 is 0.523 bits per heavy atom. The number of amides is 1. The van der Waals surface area contributed by atoms with E-state index in [0.29, 0.717) is 42.9 Å². The molecule has 0 aliphatic heterocycles. The van der Waals surface area contributed by atoms with E-state index in [1.807, 2.05) is 159 Å². The number of nitrogens with one attached hydrogen (secondary N) is 1. The Balaban J connectivity index is 0.000000146. The monoisotopic (exact) mass is 1170 g/mol. The molecule has 0 atom stereocenters. The number of carbonyl (C=O) groups is 3. The summed E-state index contributed by atoms with van der Waals surface area (Å²) >= 11 is 0. The van der Waals surface area contributed by atoms with Crippen molar-refractivity contribution in [1.82, 2.24) is 13.7 Å². The molecule has 0 fully saturated rings. The van der Waals surface area contributed by atoms with Crippen molar-refractivity contribution in [2.24, 2.45) is 0 Å². The number of nitrogens with zero attached hydrogens (tertiary/aromatic N) is 3. The van der Waals surface area contributed by atoms with E-state index in [0.717, 1.165) is 77.2 Å². The number of aromatic nitrogens is 3. The van der Waals surface area contributed by atoms with Gasteiger partial charge in [-0.25, -0.2) is 9.18 Å². The van der Waals surface area contributed by atoms with Gasteiger partial charge in [-0.1, -0.05) is 198 Å². The minimum absolute atomic E-state index is 0.0216. The molecule has 0 saturated heterocycles. The zero-order valence-electron chi connectivity index (χ0n) is 50.0. The molecule has 88 heavy (non-hydrogen) atoms. The van der Waals surface area contributed by atoms with E-state index < -0.39 is 6.11 Å². The van der Waals surface area contributed by atoms with Crippen LogP contribution in [0.15, 0.2) is 237 Å². The van der Waals surface area contributed by atoms with Crippen molar-refractivity contribution < 1.29 is 32.3 Å². The maximum Gasteiger partial charge on any atom is 0.394 e. The maximum absolute atomic E-state index is 14.3. The molecule has 1 amide bonds. The largest absolute Gasteiger partial charge is 0.433 e. The Bertz CT molecular complexity index is 4500. The van der Waals surface area contributed by atoms with Crippen LogP contribution in [0.25, 0.3) is 66.1 Å². The van der Waals surface area contributed by atoms with Gasteiger partial charge in [-0.2, -0.15) is 8.78 Å². The number of carbonyl (C=O) groups excluding carboxylic acids is 3. The van der Waals surface area contributed by atoms with Crippen LogP contribution in [0.5, 0.6) is 5.75 Å². The summed E-state index contributed by atoms with van der Waals surface area (Å²) in [5.41, 5.74) is 15.3. The van der Waals surface area contributed by atoms with Gasteiger partial charge in [0.2, 0.25) is 11.8 Å². The van der Waals surface area contributed by atoms with Crippen molar-refractivity contribution in [2.45, 2.75) is 78.7 Å². The SMILES string of the molecule is C#CCc1ccc(CC(=O)n2cc(-c3ccccc3C(C)C)c3ccccc32)cc1.CC(F)(F)Oc1ccc(NC(=O)n2cc(-c3ccccc3)c3ccccc32)cc1.Cc1ccc(CC(=O)n2cc(-c3ccccc3C(C)C)c3ccccc32)c(F)c1. The molecule has 0 aliphatic carbocycles. The molecule has 11 heteroatoms. The third-order valence-corrected chi connectivity index (χ3v) is 15.4. The number of ether oxygens (including phenoxy) is 1. The highest BCUT2D eigenvalue weighted by Crippen LogP contribution is 2.38. The first-order valence-corrected chi connectivity index (χ1v) is 29.3. The molecular formula is C77H67F3N4O4. The third-order valence-electron chi connectivity index (χ3n) is 15.4. The molecule has 440 valence electrons. The Kier molecular flexibility index (Phi) is 18.5. The van der Waals surface area contributed by atoms with E-state index >= 15 is 0 Å². The quantitative estimate of drug-likeness (QED) is 0.117. The lowest BCUT2D eigenvalue weighted by Gasteiger charge is -2.13. The van der Waals surface area contributed by atoms with Gasteiger partial charge in [-0.3, -0.25) is 23.3 Å². The van der Waals surface area contributed by atoms with Crippen molar-refractivity contribution >= 4 is 56.2 Å². The average Bonchev–Trinajstić information content (AvgIpc) is 1.80. The number of hydrogen-bond acceptors (Lipinski definition) is 4. The first kappa shape index (κ1) is 60.7. The Morgan fingerprint density at radius 2 is 0.977 bits per heavy atom. The lowest BCUT2D eigenvalue weighted by atomic mass is 9.92. The lowest BCUT2D eigenvalue weighted by molar-refractivity contribution is -0.158. The third kappa shape index (κ3) is 13.9. The van der Waals surface area contributed by atoms with Crippen LogP contribution < -0.4 is 10.1 Å². The van der Waals surface area contributed by atoms with Crippen molar-refractivity contribution in [2.75, 3.05) is 5.32 Å². The fourth-order valence-electron chi connectivity index (χ4n) is 11.1. The van der Waals surface area contributed by atoms with Gasteiger partial charge in [0.1, 0.15) is 11.6 Å². The highest BCUT2D eigenvalue weighted by molar-refractivity contribution is 6.06. The van der Waals surface area contributed by atoms with Crippen LogP contribution in [-0.4, -0.2) is 37.7 Å². The van der Waals surface area contributed by atoms with E-state index in [1.54, 1.807) is 26.0 Å². The van der Waals surface area contributed by atoms with Crippen LogP contribution in [0.4, 0.5) is 23.7 Å². The lowest BCUT2D eigenvalue weighted by Crippen LogP contribution is -2.19. The maximum atomic E-state index is 14.3. The molecular weight excluding hydrogens is 1100 g/mol. The number of alkyl halides is 2.